The SMILES string of the molecule is O=C(C1CCCCC1)N1CCC(N2CCc3ccccc3C2)C1. The van der Waals surface area contributed by atoms with Gasteiger partial charge in [0.1, 0.15) is 0 Å². The molecule has 1 unspecified atom stereocenters. The number of carbonyl (C=O) groups is 1. The van der Waals surface area contributed by atoms with E-state index in [1.165, 1.54) is 30.4 Å². The van der Waals surface area contributed by atoms with Gasteiger partial charge < -0.3 is 4.90 Å². The molecule has 124 valence electrons. The van der Waals surface area contributed by atoms with Crippen molar-refractivity contribution in [3.63, 3.8) is 0 Å². The summed E-state index contributed by atoms with van der Waals surface area (Å²) in [6, 6.07) is 9.39. The van der Waals surface area contributed by atoms with Gasteiger partial charge in [-0.25, -0.2) is 0 Å². The maximum absolute atomic E-state index is 12.7. The zero-order chi connectivity index (χ0) is 15.6. The van der Waals surface area contributed by atoms with Gasteiger partial charge in [-0.1, -0.05) is 43.5 Å². The zero-order valence-electron chi connectivity index (χ0n) is 14.0. The van der Waals surface area contributed by atoms with E-state index in [1.807, 2.05) is 0 Å². The molecule has 1 saturated carbocycles. The largest absolute Gasteiger partial charge is 0.341 e. The molecule has 1 aromatic carbocycles. The van der Waals surface area contributed by atoms with Crippen LogP contribution in [0.1, 0.15) is 49.7 Å². The Kier molecular flexibility index (Phi) is 4.39. The molecule has 1 atom stereocenters. The second-order valence-corrected chi connectivity index (χ2v) is 7.55. The van der Waals surface area contributed by atoms with Gasteiger partial charge in [0.05, 0.1) is 0 Å². The molecule has 0 radical (unpaired) electrons. The fraction of sp³-hybridized carbons (Fsp3) is 0.650. The van der Waals surface area contributed by atoms with Crippen molar-refractivity contribution in [2.24, 2.45) is 5.92 Å². The van der Waals surface area contributed by atoms with E-state index in [2.05, 4.69) is 34.1 Å². The second kappa shape index (κ2) is 6.64. The smallest absolute Gasteiger partial charge is 0.225 e. The molecular formula is C20H28N2O. The van der Waals surface area contributed by atoms with E-state index in [0.717, 1.165) is 51.9 Å². The topological polar surface area (TPSA) is 23.6 Å². The second-order valence-electron chi connectivity index (χ2n) is 7.55. The Bertz CT molecular complexity index is 565. The van der Waals surface area contributed by atoms with Crippen molar-refractivity contribution >= 4 is 5.91 Å². The van der Waals surface area contributed by atoms with Gasteiger partial charge in [0.15, 0.2) is 0 Å². The van der Waals surface area contributed by atoms with Gasteiger partial charge in [-0.05, 0) is 36.8 Å². The average molecular weight is 312 g/mol. The summed E-state index contributed by atoms with van der Waals surface area (Å²) in [5.41, 5.74) is 2.99. The monoisotopic (exact) mass is 312 g/mol. The normalized spacial score (nSPS) is 26.3. The van der Waals surface area contributed by atoms with Crippen LogP contribution < -0.4 is 0 Å². The Balaban J connectivity index is 1.36. The molecular weight excluding hydrogens is 284 g/mol. The van der Waals surface area contributed by atoms with E-state index < -0.39 is 0 Å². The molecule has 3 nitrogen and oxygen atoms in total. The minimum absolute atomic E-state index is 0.324. The molecule has 4 rings (SSSR count). The average Bonchev–Trinajstić information content (AvgIpc) is 3.11. The van der Waals surface area contributed by atoms with Gasteiger partial charge in [0.2, 0.25) is 5.91 Å². The van der Waals surface area contributed by atoms with Crippen LogP contribution in [0.25, 0.3) is 0 Å². The molecule has 0 spiro atoms. The van der Waals surface area contributed by atoms with Crippen LogP contribution in [0, 0.1) is 5.92 Å². The fourth-order valence-corrected chi connectivity index (χ4v) is 4.68. The predicted molar refractivity (Wildman–Crippen MR) is 92.1 cm³/mol. The summed E-state index contributed by atoms with van der Waals surface area (Å²) < 4.78 is 0. The van der Waals surface area contributed by atoms with Gasteiger partial charge >= 0.3 is 0 Å². The number of nitrogens with zero attached hydrogens (tertiary/aromatic N) is 2. The van der Waals surface area contributed by atoms with Crippen molar-refractivity contribution in [1.29, 1.82) is 0 Å². The number of hydrogen-bond donors (Lipinski definition) is 0. The van der Waals surface area contributed by atoms with Crippen LogP contribution in [0.2, 0.25) is 0 Å². The maximum Gasteiger partial charge on any atom is 0.225 e. The summed E-state index contributed by atoms with van der Waals surface area (Å²) in [7, 11) is 0. The van der Waals surface area contributed by atoms with Crippen LogP contribution in [0.5, 0.6) is 0 Å². The molecule has 2 fully saturated rings. The van der Waals surface area contributed by atoms with Crippen molar-refractivity contribution in [3.05, 3.63) is 35.4 Å². The lowest BCUT2D eigenvalue weighted by atomic mass is 9.88. The Morgan fingerprint density at radius 2 is 1.74 bits per heavy atom. The molecule has 1 amide bonds. The minimum Gasteiger partial charge on any atom is -0.341 e. The molecule has 23 heavy (non-hydrogen) atoms. The summed E-state index contributed by atoms with van der Waals surface area (Å²) in [5.74, 6) is 0.772. The number of carbonyl (C=O) groups excluding carboxylic acids is 1. The van der Waals surface area contributed by atoms with Crippen LogP contribution in [-0.2, 0) is 17.8 Å². The highest BCUT2D eigenvalue weighted by Gasteiger charge is 2.34. The van der Waals surface area contributed by atoms with Crippen LogP contribution in [-0.4, -0.2) is 41.4 Å². The van der Waals surface area contributed by atoms with E-state index in [-0.39, 0.29) is 0 Å². The number of fused-ring (bicyclic) bond motifs is 1. The fourth-order valence-electron chi connectivity index (χ4n) is 4.68. The zero-order valence-corrected chi connectivity index (χ0v) is 14.0. The summed E-state index contributed by atoms with van der Waals surface area (Å²) in [6.45, 7) is 4.13. The van der Waals surface area contributed by atoms with E-state index in [1.54, 1.807) is 0 Å². The highest BCUT2D eigenvalue weighted by atomic mass is 16.2. The molecule has 1 aliphatic carbocycles. The van der Waals surface area contributed by atoms with Gasteiger partial charge in [0.25, 0.3) is 0 Å². The number of hydrogen-bond acceptors (Lipinski definition) is 2. The molecule has 3 aliphatic rings. The third kappa shape index (κ3) is 3.16. The Hall–Kier alpha value is -1.35. The third-order valence-electron chi connectivity index (χ3n) is 6.11. The highest BCUT2D eigenvalue weighted by molar-refractivity contribution is 5.79. The molecule has 2 aliphatic heterocycles. The highest BCUT2D eigenvalue weighted by Crippen LogP contribution is 2.29. The first-order chi connectivity index (χ1) is 11.3. The number of benzene rings is 1. The first-order valence-electron chi connectivity index (χ1n) is 9.41. The van der Waals surface area contributed by atoms with Crippen molar-refractivity contribution in [3.8, 4) is 0 Å². The van der Waals surface area contributed by atoms with Crippen LogP contribution in [0.3, 0.4) is 0 Å². The predicted octanol–water partition coefficient (Wildman–Crippen LogP) is 3.23. The molecule has 0 N–H and O–H groups in total. The van der Waals surface area contributed by atoms with Crippen molar-refractivity contribution in [1.82, 2.24) is 9.80 Å². The minimum atomic E-state index is 0.324. The van der Waals surface area contributed by atoms with Crippen LogP contribution in [0.4, 0.5) is 0 Å². The number of amides is 1. The summed E-state index contributed by atoms with van der Waals surface area (Å²) >= 11 is 0. The maximum atomic E-state index is 12.7. The quantitative estimate of drug-likeness (QED) is 0.837. The summed E-state index contributed by atoms with van der Waals surface area (Å²) in [5, 5.41) is 0. The molecule has 0 bridgehead atoms. The number of rotatable bonds is 2. The van der Waals surface area contributed by atoms with Crippen LogP contribution in [0.15, 0.2) is 24.3 Å². The Labute approximate surface area is 139 Å². The van der Waals surface area contributed by atoms with E-state index in [9.17, 15) is 4.79 Å². The molecule has 0 aromatic heterocycles. The van der Waals surface area contributed by atoms with Gasteiger partial charge in [-0.15, -0.1) is 0 Å². The van der Waals surface area contributed by atoms with E-state index in [0.29, 0.717) is 17.9 Å². The van der Waals surface area contributed by atoms with Crippen molar-refractivity contribution < 1.29 is 4.79 Å². The van der Waals surface area contributed by atoms with Crippen LogP contribution >= 0.6 is 0 Å². The Morgan fingerprint density at radius 3 is 2.57 bits per heavy atom. The van der Waals surface area contributed by atoms with E-state index >= 15 is 0 Å². The van der Waals surface area contributed by atoms with Gasteiger partial charge in [-0.3, -0.25) is 9.69 Å². The summed E-state index contributed by atoms with van der Waals surface area (Å²) in [4.78, 5) is 17.5. The van der Waals surface area contributed by atoms with Gasteiger partial charge in [-0.2, -0.15) is 0 Å². The summed E-state index contributed by atoms with van der Waals surface area (Å²) in [6.07, 6.45) is 8.37. The van der Waals surface area contributed by atoms with Crippen molar-refractivity contribution in [2.45, 2.75) is 57.5 Å². The molecule has 1 saturated heterocycles. The molecule has 1 aromatic rings. The third-order valence-corrected chi connectivity index (χ3v) is 6.11. The lowest BCUT2D eigenvalue weighted by Crippen LogP contribution is -2.42. The lowest BCUT2D eigenvalue weighted by molar-refractivity contribution is -0.135. The Morgan fingerprint density at radius 1 is 0.957 bits per heavy atom. The molecule has 2 heterocycles. The molecule has 3 heteroatoms. The first kappa shape index (κ1) is 15.2. The van der Waals surface area contributed by atoms with Crippen molar-refractivity contribution in [2.75, 3.05) is 19.6 Å². The first-order valence-corrected chi connectivity index (χ1v) is 9.41. The van der Waals surface area contributed by atoms with E-state index in [4.69, 9.17) is 0 Å². The number of likely N-dealkylation sites (tertiary alicyclic amines) is 1. The van der Waals surface area contributed by atoms with Gasteiger partial charge in [0, 0.05) is 38.1 Å². The standard InChI is InChI=1S/C20H28N2O/c23-20(17-7-2-1-3-8-17)22-13-11-19(15-22)21-12-10-16-6-4-5-9-18(16)14-21/h4-6,9,17,19H,1-3,7-8,10-15H2. The lowest BCUT2D eigenvalue weighted by Gasteiger charge is -2.34.